The van der Waals surface area contributed by atoms with E-state index in [2.05, 4.69) is 10.1 Å². The van der Waals surface area contributed by atoms with Crippen LogP contribution in [-0.4, -0.2) is 19.1 Å². The molecule has 0 heterocycles. The van der Waals surface area contributed by atoms with Gasteiger partial charge in [0.15, 0.2) is 0 Å². The van der Waals surface area contributed by atoms with E-state index < -0.39 is 5.97 Å². The van der Waals surface area contributed by atoms with E-state index in [1.165, 1.54) is 25.3 Å². The summed E-state index contributed by atoms with van der Waals surface area (Å²) in [5, 5.41) is 3.10. The molecule has 0 aromatic heterocycles. The van der Waals surface area contributed by atoms with E-state index in [0.717, 1.165) is 12.8 Å². The van der Waals surface area contributed by atoms with Crippen LogP contribution in [0.15, 0.2) is 18.2 Å². The van der Waals surface area contributed by atoms with Gasteiger partial charge in [0.05, 0.1) is 18.4 Å². The Bertz CT molecular complexity index is 388. The lowest BCUT2D eigenvalue weighted by Gasteiger charge is -2.09. The highest BCUT2D eigenvalue weighted by Crippen LogP contribution is 2.27. The molecule has 1 saturated carbocycles. The van der Waals surface area contributed by atoms with Crippen LogP contribution in [0, 0.1) is 5.82 Å². The van der Waals surface area contributed by atoms with Gasteiger partial charge in [-0.1, -0.05) is 0 Å². The standard InChI is InChI=1S/C11H12FNO2/c1-15-11(14)9-5-2-7(12)6-10(9)13-8-3-4-8/h2,5-6,8,13H,3-4H2,1H3. The fourth-order valence-corrected chi connectivity index (χ4v) is 1.37. The summed E-state index contributed by atoms with van der Waals surface area (Å²) in [5.41, 5.74) is 0.898. The Morgan fingerprint density at radius 2 is 2.27 bits per heavy atom. The van der Waals surface area contributed by atoms with Crippen molar-refractivity contribution in [2.24, 2.45) is 0 Å². The molecular weight excluding hydrogens is 197 g/mol. The fraction of sp³-hybridized carbons (Fsp3) is 0.364. The second-order valence-corrected chi connectivity index (χ2v) is 3.60. The molecule has 4 heteroatoms. The maximum Gasteiger partial charge on any atom is 0.339 e. The van der Waals surface area contributed by atoms with Gasteiger partial charge in [-0.05, 0) is 31.0 Å². The number of halogens is 1. The van der Waals surface area contributed by atoms with Crippen molar-refractivity contribution in [2.75, 3.05) is 12.4 Å². The lowest BCUT2D eigenvalue weighted by molar-refractivity contribution is 0.0602. The average Bonchev–Trinajstić information content (AvgIpc) is 3.01. The van der Waals surface area contributed by atoms with Gasteiger partial charge in [-0.2, -0.15) is 0 Å². The van der Waals surface area contributed by atoms with Gasteiger partial charge in [-0.15, -0.1) is 0 Å². The minimum absolute atomic E-state index is 0.356. The number of methoxy groups -OCH3 is 1. The Kier molecular flexibility index (Phi) is 2.58. The van der Waals surface area contributed by atoms with Crippen LogP contribution < -0.4 is 5.32 Å². The molecule has 0 bridgehead atoms. The molecule has 0 radical (unpaired) electrons. The van der Waals surface area contributed by atoms with E-state index in [4.69, 9.17) is 0 Å². The minimum atomic E-state index is -0.446. The Morgan fingerprint density at radius 1 is 1.53 bits per heavy atom. The summed E-state index contributed by atoms with van der Waals surface area (Å²) in [4.78, 5) is 11.4. The quantitative estimate of drug-likeness (QED) is 0.775. The van der Waals surface area contributed by atoms with Crippen LogP contribution in [0.3, 0.4) is 0 Å². The molecule has 15 heavy (non-hydrogen) atoms. The van der Waals surface area contributed by atoms with E-state index >= 15 is 0 Å². The summed E-state index contributed by atoms with van der Waals surface area (Å²) in [5.74, 6) is -0.802. The number of benzene rings is 1. The van der Waals surface area contributed by atoms with E-state index in [0.29, 0.717) is 17.3 Å². The third-order valence-electron chi connectivity index (χ3n) is 2.32. The van der Waals surface area contributed by atoms with Gasteiger partial charge < -0.3 is 10.1 Å². The average molecular weight is 209 g/mol. The molecule has 3 nitrogen and oxygen atoms in total. The first-order valence-corrected chi connectivity index (χ1v) is 4.85. The molecule has 1 aromatic rings. The zero-order valence-corrected chi connectivity index (χ0v) is 8.42. The molecule has 0 saturated heterocycles. The lowest BCUT2D eigenvalue weighted by Crippen LogP contribution is -2.09. The summed E-state index contributed by atoms with van der Waals surface area (Å²) < 4.78 is 17.6. The van der Waals surface area contributed by atoms with Gasteiger partial charge in [0, 0.05) is 6.04 Å². The molecule has 80 valence electrons. The monoisotopic (exact) mass is 209 g/mol. The molecule has 0 atom stereocenters. The van der Waals surface area contributed by atoms with Crippen LogP contribution in [0.25, 0.3) is 0 Å². The molecule has 2 rings (SSSR count). The summed E-state index contributed by atoms with van der Waals surface area (Å²) >= 11 is 0. The first-order chi connectivity index (χ1) is 7.20. The van der Waals surface area contributed by atoms with Crippen molar-refractivity contribution in [3.8, 4) is 0 Å². The molecule has 0 aliphatic heterocycles. The van der Waals surface area contributed by atoms with Gasteiger partial charge in [-0.25, -0.2) is 9.18 Å². The summed E-state index contributed by atoms with van der Waals surface area (Å²) in [6.45, 7) is 0. The number of carbonyl (C=O) groups is 1. The summed E-state index contributed by atoms with van der Waals surface area (Å²) in [6, 6.07) is 4.39. The lowest BCUT2D eigenvalue weighted by atomic mass is 10.1. The zero-order valence-electron chi connectivity index (χ0n) is 8.42. The molecular formula is C11H12FNO2. The Morgan fingerprint density at radius 3 is 2.87 bits per heavy atom. The molecule has 0 amide bonds. The number of ether oxygens (including phenoxy) is 1. The van der Waals surface area contributed by atoms with Crippen molar-refractivity contribution >= 4 is 11.7 Å². The number of hydrogen-bond acceptors (Lipinski definition) is 3. The smallest absolute Gasteiger partial charge is 0.339 e. The van der Waals surface area contributed by atoms with Gasteiger partial charge in [0.2, 0.25) is 0 Å². The van der Waals surface area contributed by atoms with Crippen molar-refractivity contribution in [2.45, 2.75) is 18.9 Å². The Balaban J connectivity index is 2.29. The predicted octanol–water partition coefficient (Wildman–Crippen LogP) is 2.19. The number of rotatable bonds is 3. The van der Waals surface area contributed by atoms with E-state index in [-0.39, 0.29) is 5.82 Å². The molecule has 1 aliphatic carbocycles. The van der Waals surface area contributed by atoms with Crippen molar-refractivity contribution < 1.29 is 13.9 Å². The van der Waals surface area contributed by atoms with Crippen molar-refractivity contribution in [3.05, 3.63) is 29.6 Å². The number of esters is 1. The van der Waals surface area contributed by atoms with Crippen LogP contribution in [0.5, 0.6) is 0 Å². The third kappa shape index (κ3) is 2.26. The molecule has 0 unspecified atom stereocenters. The van der Waals surface area contributed by atoms with Crippen LogP contribution >= 0.6 is 0 Å². The van der Waals surface area contributed by atoms with Crippen LogP contribution in [-0.2, 0) is 4.74 Å². The molecule has 1 aromatic carbocycles. The van der Waals surface area contributed by atoms with E-state index in [1.54, 1.807) is 0 Å². The Hall–Kier alpha value is -1.58. The molecule has 1 fully saturated rings. The van der Waals surface area contributed by atoms with Gasteiger partial charge in [0.1, 0.15) is 5.82 Å². The molecule has 1 N–H and O–H groups in total. The summed E-state index contributed by atoms with van der Waals surface area (Å²) in [6.07, 6.45) is 2.13. The van der Waals surface area contributed by atoms with Crippen LogP contribution in [0.4, 0.5) is 10.1 Å². The van der Waals surface area contributed by atoms with Crippen molar-refractivity contribution in [1.82, 2.24) is 0 Å². The largest absolute Gasteiger partial charge is 0.465 e. The zero-order chi connectivity index (χ0) is 10.8. The normalized spacial score (nSPS) is 14.8. The minimum Gasteiger partial charge on any atom is -0.465 e. The van der Waals surface area contributed by atoms with Gasteiger partial charge >= 0.3 is 5.97 Å². The van der Waals surface area contributed by atoms with Gasteiger partial charge in [-0.3, -0.25) is 0 Å². The van der Waals surface area contributed by atoms with Crippen LogP contribution in [0.1, 0.15) is 23.2 Å². The van der Waals surface area contributed by atoms with Crippen molar-refractivity contribution in [1.29, 1.82) is 0 Å². The number of nitrogens with one attached hydrogen (secondary N) is 1. The van der Waals surface area contributed by atoms with E-state index in [1.807, 2.05) is 0 Å². The maximum absolute atomic E-state index is 13.0. The second kappa shape index (κ2) is 3.88. The molecule has 0 spiro atoms. The predicted molar refractivity (Wildman–Crippen MR) is 54.4 cm³/mol. The molecule has 1 aliphatic rings. The SMILES string of the molecule is COC(=O)c1ccc(F)cc1NC1CC1. The number of hydrogen-bond donors (Lipinski definition) is 1. The van der Waals surface area contributed by atoms with Crippen molar-refractivity contribution in [3.63, 3.8) is 0 Å². The number of carbonyl (C=O) groups excluding carboxylic acids is 1. The van der Waals surface area contributed by atoms with Crippen LogP contribution in [0.2, 0.25) is 0 Å². The second-order valence-electron chi connectivity index (χ2n) is 3.60. The first-order valence-electron chi connectivity index (χ1n) is 4.85. The summed E-state index contributed by atoms with van der Waals surface area (Å²) in [7, 11) is 1.31. The van der Waals surface area contributed by atoms with E-state index in [9.17, 15) is 9.18 Å². The third-order valence-corrected chi connectivity index (χ3v) is 2.32. The highest BCUT2D eigenvalue weighted by molar-refractivity contribution is 5.95. The highest BCUT2D eigenvalue weighted by atomic mass is 19.1. The first kappa shape index (κ1) is 9.96. The maximum atomic E-state index is 13.0. The number of anilines is 1. The van der Waals surface area contributed by atoms with Gasteiger partial charge in [0.25, 0.3) is 0 Å². The topological polar surface area (TPSA) is 38.3 Å². The highest BCUT2D eigenvalue weighted by Gasteiger charge is 2.23. The fourth-order valence-electron chi connectivity index (χ4n) is 1.37. The Labute approximate surface area is 87.2 Å².